The van der Waals surface area contributed by atoms with E-state index in [0.717, 1.165) is 31.7 Å². The normalized spacial score (nSPS) is 13.9. The minimum absolute atomic E-state index is 0.134. The zero-order valence-electron chi connectivity index (χ0n) is 26.3. The standard InChI is InChI=1S/C35H38N6O3S2/c1-26-9-7-14-33(27(26)2)39-21-19-38(20-22-39)25-41-35(45)40(24-28-10-5-4-6-11-28)34(36-41)29-12-8-13-32(23-29)46(42,43)37-30-15-17-31(44-3)18-16-30/h4-18,23,37H,19-22,24-25H2,1-3H3. The number of nitrogens with one attached hydrogen (secondary N) is 1. The highest BCUT2D eigenvalue weighted by Crippen LogP contribution is 2.27. The van der Waals surface area contributed by atoms with Gasteiger partial charge in [-0.15, -0.1) is 0 Å². The third-order valence-electron chi connectivity index (χ3n) is 8.47. The summed E-state index contributed by atoms with van der Waals surface area (Å²) >= 11 is 6.01. The van der Waals surface area contributed by atoms with Crippen molar-refractivity contribution >= 4 is 33.6 Å². The van der Waals surface area contributed by atoms with Crippen molar-refractivity contribution < 1.29 is 13.2 Å². The molecule has 1 saturated heterocycles. The molecule has 0 amide bonds. The number of aromatic nitrogens is 3. The number of hydrogen-bond donors (Lipinski definition) is 1. The van der Waals surface area contributed by atoms with Gasteiger partial charge in [0.1, 0.15) is 5.75 Å². The lowest BCUT2D eigenvalue weighted by atomic mass is 10.1. The molecule has 2 heterocycles. The van der Waals surface area contributed by atoms with E-state index in [1.165, 1.54) is 16.8 Å². The van der Waals surface area contributed by atoms with E-state index >= 15 is 0 Å². The third-order valence-corrected chi connectivity index (χ3v) is 10.3. The first kappa shape index (κ1) is 31.5. The zero-order valence-corrected chi connectivity index (χ0v) is 27.9. The second-order valence-corrected chi connectivity index (χ2v) is 13.6. The summed E-state index contributed by atoms with van der Waals surface area (Å²) in [7, 11) is -2.30. The monoisotopic (exact) mass is 654 g/mol. The van der Waals surface area contributed by atoms with E-state index in [-0.39, 0.29) is 4.90 Å². The third kappa shape index (κ3) is 6.86. The Bertz CT molecular complexity index is 1980. The molecule has 0 radical (unpaired) electrons. The van der Waals surface area contributed by atoms with Gasteiger partial charge in [0.15, 0.2) is 10.6 Å². The first-order valence-electron chi connectivity index (χ1n) is 15.2. The lowest BCUT2D eigenvalue weighted by Gasteiger charge is -2.36. The summed E-state index contributed by atoms with van der Waals surface area (Å²) in [6, 6.07) is 30.2. The average molecular weight is 655 g/mol. The number of nitrogens with zero attached hydrogens (tertiary/aromatic N) is 5. The van der Waals surface area contributed by atoms with Crippen LogP contribution in [-0.4, -0.2) is 61.0 Å². The van der Waals surface area contributed by atoms with Crippen molar-refractivity contribution in [3.8, 4) is 17.1 Å². The zero-order chi connectivity index (χ0) is 32.3. The number of aryl methyl sites for hydroxylation is 1. The van der Waals surface area contributed by atoms with Crippen LogP contribution in [0.4, 0.5) is 11.4 Å². The molecule has 1 aliphatic heterocycles. The number of rotatable bonds is 10. The molecule has 238 valence electrons. The Hall–Kier alpha value is -4.45. The lowest BCUT2D eigenvalue weighted by molar-refractivity contribution is 0.194. The van der Waals surface area contributed by atoms with E-state index in [1.807, 2.05) is 33.5 Å². The molecular formula is C35H38N6O3S2. The molecule has 46 heavy (non-hydrogen) atoms. The van der Waals surface area contributed by atoms with Crippen molar-refractivity contribution in [2.75, 3.05) is 42.9 Å². The van der Waals surface area contributed by atoms with Gasteiger partial charge in [0.25, 0.3) is 10.0 Å². The van der Waals surface area contributed by atoms with E-state index in [0.29, 0.717) is 40.8 Å². The summed E-state index contributed by atoms with van der Waals surface area (Å²) in [5, 5.41) is 4.99. The minimum Gasteiger partial charge on any atom is -0.497 e. The fraction of sp³-hybridized carbons (Fsp3) is 0.257. The van der Waals surface area contributed by atoms with E-state index in [9.17, 15) is 8.42 Å². The maximum atomic E-state index is 13.4. The molecule has 1 aliphatic rings. The molecule has 1 N–H and O–H groups in total. The van der Waals surface area contributed by atoms with Crippen LogP contribution in [0.5, 0.6) is 5.75 Å². The first-order valence-corrected chi connectivity index (χ1v) is 17.1. The number of hydrogen-bond acceptors (Lipinski definition) is 7. The van der Waals surface area contributed by atoms with E-state index in [1.54, 1.807) is 49.6 Å². The van der Waals surface area contributed by atoms with E-state index < -0.39 is 10.0 Å². The molecule has 11 heteroatoms. The number of anilines is 2. The Labute approximate surface area is 275 Å². The largest absolute Gasteiger partial charge is 0.497 e. The quantitative estimate of drug-likeness (QED) is 0.176. The molecule has 0 atom stereocenters. The van der Waals surface area contributed by atoms with Gasteiger partial charge >= 0.3 is 0 Å². The van der Waals surface area contributed by atoms with Crippen molar-refractivity contribution in [1.29, 1.82) is 0 Å². The molecule has 0 spiro atoms. The van der Waals surface area contributed by atoms with Gasteiger partial charge in [0.05, 0.1) is 25.2 Å². The number of methoxy groups -OCH3 is 1. The van der Waals surface area contributed by atoms with Gasteiger partial charge in [-0.2, -0.15) is 5.10 Å². The van der Waals surface area contributed by atoms with Crippen LogP contribution in [0.25, 0.3) is 11.4 Å². The van der Waals surface area contributed by atoms with Gasteiger partial charge in [0, 0.05) is 43.1 Å². The van der Waals surface area contributed by atoms with Crippen LogP contribution in [0.3, 0.4) is 0 Å². The van der Waals surface area contributed by atoms with Crippen molar-refractivity contribution in [3.63, 3.8) is 0 Å². The Morgan fingerprint density at radius 3 is 2.30 bits per heavy atom. The Balaban J connectivity index is 1.27. The molecule has 4 aromatic carbocycles. The Morgan fingerprint density at radius 2 is 1.59 bits per heavy atom. The van der Waals surface area contributed by atoms with Crippen molar-refractivity contribution in [3.05, 3.63) is 119 Å². The lowest BCUT2D eigenvalue weighted by Crippen LogP contribution is -2.47. The molecule has 1 aromatic heterocycles. The molecule has 6 rings (SSSR count). The molecule has 0 unspecified atom stereocenters. The fourth-order valence-electron chi connectivity index (χ4n) is 5.73. The highest BCUT2D eigenvalue weighted by atomic mass is 32.2. The second-order valence-electron chi connectivity index (χ2n) is 11.5. The Kier molecular flexibility index (Phi) is 9.25. The smallest absolute Gasteiger partial charge is 0.261 e. The first-order chi connectivity index (χ1) is 22.2. The van der Waals surface area contributed by atoms with Gasteiger partial charge in [-0.25, -0.2) is 13.1 Å². The molecule has 0 saturated carbocycles. The number of sulfonamides is 1. The van der Waals surface area contributed by atoms with Crippen LogP contribution in [0.1, 0.15) is 16.7 Å². The summed E-state index contributed by atoms with van der Waals surface area (Å²) in [6.45, 7) is 8.98. The Morgan fingerprint density at radius 1 is 0.870 bits per heavy atom. The van der Waals surface area contributed by atoms with Crippen LogP contribution < -0.4 is 14.4 Å². The minimum atomic E-state index is -3.87. The van der Waals surface area contributed by atoms with Crippen LogP contribution >= 0.6 is 12.2 Å². The van der Waals surface area contributed by atoms with Crippen LogP contribution in [0, 0.1) is 18.6 Å². The molecule has 0 bridgehead atoms. The SMILES string of the molecule is COc1ccc(NS(=O)(=O)c2cccc(-c3nn(CN4CCN(c5cccc(C)c5C)CC4)c(=S)n3Cc3ccccc3)c2)cc1. The average Bonchev–Trinajstić information content (AvgIpc) is 3.37. The number of piperazine rings is 1. The topological polar surface area (TPSA) is 84.6 Å². The highest BCUT2D eigenvalue weighted by Gasteiger charge is 2.22. The van der Waals surface area contributed by atoms with Gasteiger partial charge < -0.3 is 9.64 Å². The van der Waals surface area contributed by atoms with Crippen LogP contribution in [0.2, 0.25) is 0 Å². The van der Waals surface area contributed by atoms with Gasteiger partial charge in [-0.3, -0.25) is 14.2 Å². The fourth-order valence-corrected chi connectivity index (χ4v) is 7.08. The summed E-state index contributed by atoms with van der Waals surface area (Å²) in [4.78, 5) is 4.94. The van der Waals surface area contributed by atoms with E-state index in [2.05, 4.69) is 58.7 Å². The van der Waals surface area contributed by atoms with Crippen molar-refractivity contribution in [2.45, 2.75) is 32.0 Å². The molecule has 0 aliphatic carbocycles. The summed E-state index contributed by atoms with van der Waals surface area (Å²) < 4.78 is 39.1. The van der Waals surface area contributed by atoms with Crippen LogP contribution in [0.15, 0.2) is 102 Å². The highest BCUT2D eigenvalue weighted by molar-refractivity contribution is 7.92. The maximum Gasteiger partial charge on any atom is 0.261 e. The summed E-state index contributed by atoms with van der Waals surface area (Å²) in [6.07, 6.45) is 0. The maximum absolute atomic E-state index is 13.4. The molecule has 5 aromatic rings. The van der Waals surface area contributed by atoms with Gasteiger partial charge in [0.2, 0.25) is 0 Å². The number of ether oxygens (including phenoxy) is 1. The molecule has 1 fully saturated rings. The van der Waals surface area contributed by atoms with Crippen LogP contribution in [-0.2, 0) is 23.2 Å². The van der Waals surface area contributed by atoms with Gasteiger partial charge in [-0.1, -0.05) is 54.6 Å². The van der Waals surface area contributed by atoms with Crippen molar-refractivity contribution in [1.82, 2.24) is 19.2 Å². The predicted octanol–water partition coefficient (Wildman–Crippen LogP) is 6.34. The second kappa shape index (κ2) is 13.5. The molecule has 9 nitrogen and oxygen atoms in total. The summed E-state index contributed by atoms with van der Waals surface area (Å²) in [5.74, 6) is 1.26. The molecular weight excluding hydrogens is 617 g/mol. The van der Waals surface area contributed by atoms with Crippen molar-refractivity contribution in [2.24, 2.45) is 0 Å². The van der Waals surface area contributed by atoms with E-state index in [4.69, 9.17) is 22.1 Å². The van der Waals surface area contributed by atoms with Gasteiger partial charge in [-0.05, 0) is 85.2 Å². The predicted molar refractivity (Wildman–Crippen MR) is 186 cm³/mol. The summed E-state index contributed by atoms with van der Waals surface area (Å²) in [5.41, 5.74) is 6.11. The number of benzene rings is 4.